The SMILES string of the molecule is NC(=O)C1=CN(C2O[C@H](COP(=O)(O)OP(=O)(O)OC[C@H]3OC([n+]4cccc(C(N)=O)c4)[C@H](O)[C@@H]3O)[C@@H](O)[C@H]2O)C=CC1. The summed E-state index contributed by atoms with van der Waals surface area (Å²) in [5.74, 6) is -1.48. The van der Waals surface area contributed by atoms with E-state index in [1.807, 2.05) is 0 Å². The summed E-state index contributed by atoms with van der Waals surface area (Å²) in [5.41, 5.74) is 10.8. The molecule has 10 N–H and O–H groups in total. The van der Waals surface area contributed by atoms with Crippen molar-refractivity contribution in [3.63, 3.8) is 0 Å². The number of nitrogens with two attached hydrogens (primary N) is 2. The molecule has 19 nitrogen and oxygen atoms in total. The van der Waals surface area contributed by atoms with Crippen LogP contribution in [-0.2, 0) is 36.8 Å². The molecule has 10 atom stereocenters. The number of rotatable bonds is 12. The molecule has 2 fully saturated rings. The molecule has 0 aromatic carbocycles. The molecule has 0 aliphatic carbocycles. The van der Waals surface area contributed by atoms with Gasteiger partial charge in [0.2, 0.25) is 5.91 Å². The molecule has 0 radical (unpaired) electrons. The number of aliphatic hydroxyl groups is 4. The highest BCUT2D eigenvalue weighted by molar-refractivity contribution is 7.61. The summed E-state index contributed by atoms with van der Waals surface area (Å²) in [5, 5.41) is 41.4. The summed E-state index contributed by atoms with van der Waals surface area (Å²) in [7, 11) is -10.7. The second-order valence-electron chi connectivity index (χ2n) is 9.66. The number of primary amides is 2. The van der Waals surface area contributed by atoms with Crippen molar-refractivity contribution in [3.8, 4) is 0 Å². The lowest BCUT2D eigenvalue weighted by Crippen LogP contribution is -2.46. The van der Waals surface area contributed by atoms with Gasteiger partial charge in [-0.05, 0) is 12.5 Å². The minimum atomic E-state index is -5.36. The molecule has 2 amide bonds. The highest BCUT2D eigenvalue weighted by Gasteiger charge is 2.50. The average Bonchev–Trinajstić information content (AvgIpc) is 3.40. The predicted octanol–water partition coefficient (Wildman–Crippen LogP) is -3.02. The number of pyridine rings is 1. The fourth-order valence-electron chi connectivity index (χ4n) is 4.44. The number of aromatic nitrogens is 1. The molecule has 1 aromatic heterocycles. The van der Waals surface area contributed by atoms with Gasteiger partial charge in [0.05, 0.1) is 13.2 Å². The highest BCUT2D eigenvalue weighted by Crippen LogP contribution is 2.60. The normalized spacial score (nSPS) is 33.5. The van der Waals surface area contributed by atoms with Crippen LogP contribution >= 0.6 is 15.6 Å². The number of hydrogen-bond donors (Lipinski definition) is 8. The Balaban J connectivity index is 1.30. The summed E-state index contributed by atoms with van der Waals surface area (Å²) >= 11 is 0. The molecule has 4 heterocycles. The van der Waals surface area contributed by atoms with Gasteiger partial charge in [0.1, 0.15) is 36.1 Å². The predicted molar refractivity (Wildman–Crippen MR) is 137 cm³/mol. The van der Waals surface area contributed by atoms with Crippen LogP contribution in [0.2, 0.25) is 0 Å². The van der Waals surface area contributed by atoms with E-state index in [0.717, 1.165) is 0 Å². The number of aliphatic hydroxyl groups excluding tert-OH is 4. The Hall–Kier alpha value is -2.61. The summed E-state index contributed by atoms with van der Waals surface area (Å²) in [6.07, 6.45) is -4.61. The maximum Gasteiger partial charge on any atom is 0.481 e. The molecule has 0 saturated carbocycles. The van der Waals surface area contributed by atoms with Crippen molar-refractivity contribution in [1.29, 1.82) is 0 Å². The Morgan fingerprint density at radius 3 is 2.16 bits per heavy atom. The fourth-order valence-corrected chi connectivity index (χ4v) is 6.53. The van der Waals surface area contributed by atoms with Crippen molar-refractivity contribution in [2.75, 3.05) is 13.2 Å². The number of allylic oxidation sites excluding steroid dienone is 1. The van der Waals surface area contributed by atoms with E-state index >= 15 is 0 Å². The average molecular weight is 653 g/mol. The molecule has 1 aromatic rings. The first-order valence-electron chi connectivity index (χ1n) is 12.5. The van der Waals surface area contributed by atoms with Crippen LogP contribution in [0.25, 0.3) is 0 Å². The van der Waals surface area contributed by atoms with Crippen LogP contribution in [0.4, 0.5) is 0 Å². The zero-order chi connectivity index (χ0) is 31.7. The number of hydrogen-bond acceptors (Lipinski definition) is 14. The van der Waals surface area contributed by atoms with Gasteiger partial charge in [0.15, 0.2) is 24.7 Å². The third-order valence-electron chi connectivity index (χ3n) is 6.62. The van der Waals surface area contributed by atoms with Crippen molar-refractivity contribution in [2.24, 2.45) is 11.5 Å². The van der Waals surface area contributed by atoms with Crippen molar-refractivity contribution >= 4 is 27.5 Å². The molecular weight excluding hydrogens is 622 g/mol. The zero-order valence-corrected chi connectivity index (χ0v) is 23.9. The maximum atomic E-state index is 12.4. The van der Waals surface area contributed by atoms with Gasteiger partial charge in [-0.3, -0.25) is 18.6 Å². The van der Waals surface area contributed by atoms with Gasteiger partial charge in [-0.1, -0.05) is 6.08 Å². The van der Waals surface area contributed by atoms with E-state index in [2.05, 4.69) is 13.4 Å². The van der Waals surface area contributed by atoms with E-state index in [1.54, 1.807) is 6.08 Å². The van der Waals surface area contributed by atoms with Gasteiger partial charge in [0, 0.05) is 24.0 Å². The standard InChI is InChI=1S/C22H30N4O15P2/c23-19(31)11-3-1-5-25(7-11)21-17(29)15(27)13(39-21)9-37-42(33,34)41-43(35,36)38-10-14-16(28)18(30)22(40-14)26-6-2-4-12(8-26)20(24)32/h1-3,5-8,13-18,21-22,27-30H,4,9-10H2,(H5-,23,24,31,32,33,34,35,36)/p+1/t13-,14-,15-,16-,17-,18-,21?,22?/m1/s1. The quantitative estimate of drug-likeness (QED) is 0.0822. The fraction of sp³-hybridized carbons (Fsp3) is 0.500. The number of amides is 2. The third-order valence-corrected chi connectivity index (χ3v) is 9.22. The van der Waals surface area contributed by atoms with E-state index in [1.165, 1.54) is 46.4 Å². The third kappa shape index (κ3) is 7.92. The second kappa shape index (κ2) is 13.2. The van der Waals surface area contributed by atoms with Gasteiger partial charge < -0.3 is 56.1 Å². The van der Waals surface area contributed by atoms with E-state index in [0.29, 0.717) is 0 Å². The Morgan fingerprint density at radius 1 is 0.953 bits per heavy atom. The minimum Gasteiger partial charge on any atom is -0.387 e. The molecule has 4 rings (SSSR count). The van der Waals surface area contributed by atoms with Crippen LogP contribution in [0.5, 0.6) is 0 Å². The smallest absolute Gasteiger partial charge is 0.387 e. The van der Waals surface area contributed by atoms with Crippen LogP contribution in [0.3, 0.4) is 0 Å². The van der Waals surface area contributed by atoms with Crippen LogP contribution < -0.4 is 16.0 Å². The van der Waals surface area contributed by atoms with Crippen LogP contribution in [0.15, 0.2) is 48.6 Å². The molecule has 238 valence electrons. The molecule has 21 heteroatoms. The van der Waals surface area contributed by atoms with Crippen molar-refractivity contribution in [3.05, 3.63) is 54.1 Å². The minimum absolute atomic E-state index is 0.0670. The molecular formula is C22H31N4O15P2+. The van der Waals surface area contributed by atoms with Crippen LogP contribution in [-0.4, -0.2) is 103 Å². The van der Waals surface area contributed by atoms with Crippen LogP contribution in [0, 0.1) is 0 Å². The first-order valence-corrected chi connectivity index (χ1v) is 15.5. The summed E-state index contributed by atoms with van der Waals surface area (Å²) in [6, 6.07) is 2.83. The van der Waals surface area contributed by atoms with Gasteiger partial charge in [-0.15, -0.1) is 0 Å². The van der Waals surface area contributed by atoms with Crippen molar-refractivity contribution in [2.45, 2.75) is 55.5 Å². The number of phosphoric acid groups is 2. The summed E-state index contributed by atoms with van der Waals surface area (Å²) in [4.78, 5) is 44.1. The topological polar surface area (TPSA) is 295 Å². The van der Waals surface area contributed by atoms with Crippen LogP contribution in [0.1, 0.15) is 23.0 Å². The summed E-state index contributed by atoms with van der Waals surface area (Å²) < 4.78 is 50.5. The lowest BCUT2D eigenvalue weighted by Gasteiger charge is -2.28. The number of phosphoric ester groups is 2. The Bertz CT molecular complexity index is 1380. The molecule has 2 saturated heterocycles. The molecule has 3 aliphatic rings. The Labute approximate surface area is 243 Å². The lowest BCUT2D eigenvalue weighted by molar-refractivity contribution is -0.765. The molecule has 0 bridgehead atoms. The van der Waals surface area contributed by atoms with E-state index in [4.69, 9.17) is 20.9 Å². The molecule has 4 unspecified atom stereocenters. The first kappa shape index (κ1) is 33.3. The second-order valence-corrected chi connectivity index (χ2v) is 12.7. The number of carbonyl (C=O) groups is 2. The Morgan fingerprint density at radius 2 is 1.56 bits per heavy atom. The van der Waals surface area contributed by atoms with Gasteiger partial charge in [-0.2, -0.15) is 8.88 Å². The maximum absolute atomic E-state index is 12.4. The van der Waals surface area contributed by atoms with Gasteiger partial charge >= 0.3 is 15.6 Å². The Kier molecular flexibility index (Phi) is 10.2. The van der Waals surface area contributed by atoms with E-state index in [9.17, 15) is 48.9 Å². The number of ether oxygens (including phenoxy) is 2. The highest BCUT2D eigenvalue weighted by atomic mass is 31.3. The van der Waals surface area contributed by atoms with E-state index < -0.39 is 89.8 Å². The van der Waals surface area contributed by atoms with E-state index in [-0.39, 0.29) is 17.6 Å². The molecule has 43 heavy (non-hydrogen) atoms. The monoisotopic (exact) mass is 653 g/mol. The summed E-state index contributed by atoms with van der Waals surface area (Å²) in [6.45, 7) is -1.80. The number of carbonyl (C=O) groups excluding carboxylic acids is 2. The van der Waals surface area contributed by atoms with Gasteiger partial charge in [-0.25, -0.2) is 9.13 Å². The first-order chi connectivity index (χ1) is 20.1. The molecule has 0 spiro atoms. The molecule has 3 aliphatic heterocycles. The number of nitrogens with zero attached hydrogens (tertiary/aromatic N) is 2. The lowest BCUT2D eigenvalue weighted by atomic mass is 10.1. The van der Waals surface area contributed by atoms with Gasteiger partial charge in [0.25, 0.3) is 12.1 Å². The van der Waals surface area contributed by atoms with Crippen molar-refractivity contribution in [1.82, 2.24) is 4.90 Å². The zero-order valence-electron chi connectivity index (χ0n) is 22.1. The largest absolute Gasteiger partial charge is 0.481 e. The van der Waals surface area contributed by atoms with Crippen molar-refractivity contribution < 1.29 is 76.3 Å².